The highest BCUT2D eigenvalue weighted by molar-refractivity contribution is 7.09. The molecule has 1 aromatic heterocycles. The Kier molecular flexibility index (Phi) is 5.81. The molecular weight excluding hydrogens is 337 g/mol. The Morgan fingerprint density at radius 1 is 1.20 bits per heavy atom. The van der Waals surface area contributed by atoms with E-state index in [1.807, 2.05) is 10.3 Å². The molecule has 1 aliphatic rings. The third kappa shape index (κ3) is 4.86. The molecule has 0 aliphatic carbocycles. The fraction of sp³-hybridized carbons (Fsp3) is 0.474. The lowest BCUT2D eigenvalue weighted by Gasteiger charge is -2.34. The lowest BCUT2D eigenvalue weighted by Crippen LogP contribution is -2.48. The van der Waals surface area contributed by atoms with Crippen LogP contribution in [0, 0.1) is 11.7 Å². The fourth-order valence-electron chi connectivity index (χ4n) is 2.96. The summed E-state index contributed by atoms with van der Waals surface area (Å²) >= 11 is 1.63. The summed E-state index contributed by atoms with van der Waals surface area (Å²) in [5.74, 6) is 0.442. The summed E-state index contributed by atoms with van der Waals surface area (Å²) in [6.07, 6.45) is 0.632. The SMILES string of the molecule is CC(C)CC(=O)N1CCN(Cc2nc(-c3ccc(F)cc3)cs2)CC1. The van der Waals surface area contributed by atoms with Gasteiger partial charge in [-0.25, -0.2) is 9.37 Å². The highest BCUT2D eigenvalue weighted by atomic mass is 32.1. The molecule has 0 radical (unpaired) electrons. The zero-order valence-corrected chi connectivity index (χ0v) is 15.6. The minimum absolute atomic E-state index is 0.232. The van der Waals surface area contributed by atoms with E-state index >= 15 is 0 Å². The molecule has 1 aliphatic heterocycles. The normalized spacial score (nSPS) is 15.8. The van der Waals surface area contributed by atoms with Crippen molar-refractivity contribution in [2.75, 3.05) is 26.2 Å². The Bertz CT molecular complexity index is 706. The number of halogens is 1. The van der Waals surface area contributed by atoms with Gasteiger partial charge in [0.05, 0.1) is 12.2 Å². The Morgan fingerprint density at radius 2 is 1.88 bits per heavy atom. The van der Waals surface area contributed by atoms with Crippen LogP contribution in [0.25, 0.3) is 11.3 Å². The van der Waals surface area contributed by atoms with E-state index in [0.717, 1.165) is 49.0 Å². The van der Waals surface area contributed by atoms with Crippen molar-refractivity contribution in [3.8, 4) is 11.3 Å². The van der Waals surface area contributed by atoms with Gasteiger partial charge in [0.2, 0.25) is 5.91 Å². The Labute approximate surface area is 152 Å². The van der Waals surface area contributed by atoms with Gasteiger partial charge in [0.1, 0.15) is 10.8 Å². The van der Waals surface area contributed by atoms with Crippen LogP contribution in [0.2, 0.25) is 0 Å². The van der Waals surface area contributed by atoms with Gasteiger partial charge in [-0.1, -0.05) is 13.8 Å². The molecule has 25 heavy (non-hydrogen) atoms. The van der Waals surface area contributed by atoms with Gasteiger partial charge in [-0.15, -0.1) is 11.3 Å². The van der Waals surface area contributed by atoms with Crippen molar-refractivity contribution < 1.29 is 9.18 Å². The monoisotopic (exact) mass is 361 g/mol. The lowest BCUT2D eigenvalue weighted by atomic mass is 10.1. The summed E-state index contributed by atoms with van der Waals surface area (Å²) in [6.45, 7) is 8.32. The van der Waals surface area contributed by atoms with Gasteiger partial charge in [0.15, 0.2) is 0 Å². The first kappa shape index (κ1) is 18.0. The number of nitrogens with zero attached hydrogens (tertiary/aromatic N) is 3. The Balaban J connectivity index is 1.53. The van der Waals surface area contributed by atoms with Gasteiger partial charge in [0, 0.05) is 43.5 Å². The topological polar surface area (TPSA) is 36.4 Å². The molecule has 0 atom stereocenters. The molecule has 2 heterocycles. The molecule has 1 fully saturated rings. The first-order valence-electron chi connectivity index (χ1n) is 8.71. The molecule has 1 saturated heterocycles. The van der Waals surface area contributed by atoms with Crippen molar-refractivity contribution in [3.05, 3.63) is 40.5 Å². The van der Waals surface area contributed by atoms with Crippen molar-refractivity contribution in [1.29, 1.82) is 0 Å². The highest BCUT2D eigenvalue weighted by Crippen LogP contribution is 2.23. The molecule has 1 aromatic carbocycles. The second kappa shape index (κ2) is 8.06. The molecular formula is C19H24FN3OS. The average Bonchev–Trinajstić information content (AvgIpc) is 3.04. The first-order chi connectivity index (χ1) is 12.0. The Hall–Kier alpha value is -1.79. The zero-order chi connectivity index (χ0) is 17.8. The van der Waals surface area contributed by atoms with Crippen LogP contribution >= 0.6 is 11.3 Å². The average molecular weight is 361 g/mol. The van der Waals surface area contributed by atoms with Gasteiger partial charge in [-0.05, 0) is 30.2 Å². The summed E-state index contributed by atoms with van der Waals surface area (Å²) in [6, 6.07) is 6.43. The third-order valence-electron chi connectivity index (χ3n) is 4.36. The lowest BCUT2D eigenvalue weighted by molar-refractivity contribution is -0.133. The van der Waals surface area contributed by atoms with Crippen molar-refractivity contribution in [2.24, 2.45) is 5.92 Å². The smallest absolute Gasteiger partial charge is 0.222 e. The molecule has 1 amide bonds. The largest absolute Gasteiger partial charge is 0.340 e. The number of rotatable bonds is 5. The van der Waals surface area contributed by atoms with Gasteiger partial charge < -0.3 is 4.90 Å². The molecule has 0 saturated carbocycles. The number of amides is 1. The van der Waals surface area contributed by atoms with Crippen molar-refractivity contribution in [3.63, 3.8) is 0 Å². The minimum Gasteiger partial charge on any atom is -0.340 e. The quantitative estimate of drug-likeness (QED) is 0.816. The van der Waals surface area contributed by atoms with E-state index in [9.17, 15) is 9.18 Å². The van der Waals surface area contributed by atoms with E-state index in [2.05, 4.69) is 23.7 Å². The van der Waals surface area contributed by atoms with Crippen LogP contribution in [0.4, 0.5) is 4.39 Å². The van der Waals surface area contributed by atoms with Crippen LogP contribution < -0.4 is 0 Å². The molecule has 0 unspecified atom stereocenters. The van der Waals surface area contributed by atoms with Crippen molar-refractivity contribution in [2.45, 2.75) is 26.8 Å². The molecule has 3 rings (SSSR count). The van der Waals surface area contributed by atoms with Crippen LogP contribution in [0.15, 0.2) is 29.6 Å². The fourth-order valence-corrected chi connectivity index (χ4v) is 3.81. The van der Waals surface area contributed by atoms with Crippen LogP contribution in [0.5, 0.6) is 0 Å². The number of piperazine rings is 1. The van der Waals surface area contributed by atoms with Gasteiger partial charge in [-0.3, -0.25) is 9.69 Å². The second-order valence-corrected chi connectivity index (χ2v) is 7.83. The number of thiazole rings is 1. The maximum absolute atomic E-state index is 13.0. The standard InChI is InChI=1S/C19H24FN3OS/c1-14(2)11-19(24)23-9-7-22(8-10-23)12-18-21-17(13-25-18)15-3-5-16(20)6-4-15/h3-6,13-14H,7-12H2,1-2H3. The number of benzene rings is 1. The first-order valence-corrected chi connectivity index (χ1v) is 9.59. The number of hydrogen-bond donors (Lipinski definition) is 0. The van der Waals surface area contributed by atoms with E-state index in [1.165, 1.54) is 12.1 Å². The molecule has 4 nitrogen and oxygen atoms in total. The summed E-state index contributed by atoms with van der Waals surface area (Å²) < 4.78 is 13.0. The summed E-state index contributed by atoms with van der Waals surface area (Å²) in [4.78, 5) is 21.1. The number of carbonyl (C=O) groups is 1. The van der Waals surface area contributed by atoms with Crippen molar-refractivity contribution in [1.82, 2.24) is 14.8 Å². The van der Waals surface area contributed by atoms with E-state index < -0.39 is 0 Å². The van der Waals surface area contributed by atoms with E-state index in [0.29, 0.717) is 12.3 Å². The predicted octanol–water partition coefficient (Wildman–Crippen LogP) is 3.64. The maximum atomic E-state index is 13.0. The highest BCUT2D eigenvalue weighted by Gasteiger charge is 2.22. The van der Waals surface area contributed by atoms with E-state index in [1.54, 1.807) is 23.5 Å². The third-order valence-corrected chi connectivity index (χ3v) is 5.19. The second-order valence-electron chi connectivity index (χ2n) is 6.89. The zero-order valence-electron chi connectivity index (χ0n) is 14.7. The Morgan fingerprint density at radius 3 is 2.52 bits per heavy atom. The summed E-state index contributed by atoms with van der Waals surface area (Å²) in [7, 11) is 0. The molecule has 0 N–H and O–H groups in total. The van der Waals surface area contributed by atoms with Gasteiger partial charge in [0.25, 0.3) is 0 Å². The maximum Gasteiger partial charge on any atom is 0.222 e. The van der Waals surface area contributed by atoms with Gasteiger partial charge in [-0.2, -0.15) is 0 Å². The predicted molar refractivity (Wildman–Crippen MR) is 98.8 cm³/mol. The number of carbonyl (C=O) groups excluding carboxylic acids is 1. The molecule has 134 valence electrons. The van der Waals surface area contributed by atoms with Gasteiger partial charge >= 0.3 is 0 Å². The summed E-state index contributed by atoms with van der Waals surface area (Å²) in [5, 5.41) is 3.08. The van der Waals surface area contributed by atoms with Crippen LogP contribution in [0.1, 0.15) is 25.3 Å². The molecule has 6 heteroatoms. The molecule has 0 spiro atoms. The number of hydrogen-bond acceptors (Lipinski definition) is 4. The van der Waals surface area contributed by atoms with Crippen molar-refractivity contribution >= 4 is 17.2 Å². The molecule has 0 bridgehead atoms. The van der Waals surface area contributed by atoms with E-state index in [-0.39, 0.29) is 11.7 Å². The molecule has 2 aromatic rings. The van der Waals surface area contributed by atoms with Crippen LogP contribution in [-0.2, 0) is 11.3 Å². The number of aromatic nitrogens is 1. The van der Waals surface area contributed by atoms with E-state index in [4.69, 9.17) is 0 Å². The minimum atomic E-state index is -0.232. The summed E-state index contributed by atoms with van der Waals surface area (Å²) in [5.41, 5.74) is 1.83. The van der Waals surface area contributed by atoms with Crippen LogP contribution in [0.3, 0.4) is 0 Å². The van der Waals surface area contributed by atoms with Crippen LogP contribution in [-0.4, -0.2) is 46.9 Å².